The van der Waals surface area contributed by atoms with Gasteiger partial charge in [-0.3, -0.25) is 9.59 Å². The van der Waals surface area contributed by atoms with Crippen molar-refractivity contribution >= 4 is 11.8 Å². The van der Waals surface area contributed by atoms with Crippen molar-refractivity contribution in [3.8, 4) is 0 Å². The summed E-state index contributed by atoms with van der Waals surface area (Å²) in [4.78, 5) is 24.3. The van der Waals surface area contributed by atoms with Gasteiger partial charge in [-0.05, 0) is 0 Å². The quantitative estimate of drug-likeness (QED) is 0.0881. The highest BCUT2D eigenvalue weighted by atomic mass is 16.7. The van der Waals surface area contributed by atoms with Crippen LogP contribution in [0.2, 0.25) is 0 Å². The number of carbonyl (C=O) groups excluding carboxylic acids is 2. The minimum atomic E-state index is -2.00. The van der Waals surface area contributed by atoms with Crippen molar-refractivity contribution in [3.05, 3.63) is 0 Å². The minimum absolute atomic E-state index is 0.670. The summed E-state index contributed by atoms with van der Waals surface area (Å²) < 4.78 is 39.3. The molecular weight excluding hydrogens is 700 g/mol. The minimum Gasteiger partial charge on any atom is -0.394 e. The predicted octanol–water partition coefficient (Wildman–Crippen LogP) is -9.46. The average Bonchev–Trinajstić information content (AvgIpc) is 3.08. The first-order valence-electron chi connectivity index (χ1n) is 16.1. The molecule has 0 spiro atoms. The van der Waals surface area contributed by atoms with E-state index in [9.17, 15) is 70.9 Å². The molecule has 4 aliphatic rings. The second kappa shape index (κ2) is 18.0. The number of hydrogen-bond donors (Lipinski definition) is 14. The summed E-state index contributed by atoms with van der Waals surface area (Å²) in [6, 6.07) is -3.06. The zero-order valence-electron chi connectivity index (χ0n) is 27.4. The number of rotatable bonds is 12. The number of aliphatic hydroxyl groups excluding tert-OH is 12. The number of carbonyl (C=O) groups is 2. The topological polar surface area (TPSA) is 366 Å². The Balaban J connectivity index is 1.68. The van der Waals surface area contributed by atoms with Crippen molar-refractivity contribution in [2.75, 3.05) is 26.4 Å². The number of hydrogen-bond acceptors (Lipinski definition) is 21. The van der Waals surface area contributed by atoms with Gasteiger partial charge in [-0.1, -0.05) is 0 Å². The van der Waals surface area contributed by atoms with Gasteiger partial charge in [0.2, 0.25) is 11.8 Å². The van der Waals surface area contributed by atoms with Crippen LogP contribution < -0.4 is 10.6 Å². The molecule has 0 aromatic rings. The van der Waals surface area contributed by atoms with Crippen molar-refractivity contribution in [2.24, 2.45) is 0 Å². The highest BCUT2D eigenvalue weighted by molar-refractivity contribution is 5.73. The molecule has 23 nitrogen and oxygen atoms in total. The maximum atomic E-state index is 12.4. The molecule has 0 aliphatic carbocycles. The van der Waals surface area contributed by atoms with Gasteiger partial charge in [0.15, 0.2) is 25.2 Å². The molecule has 4 fully saturated rings. The first kappa shape index (κ1) is 41.9. The molecule has 0 aromatic heterocycles. The summed E-state index contributed by atoms with van der Waals surface area (Å²) in [6.07, 6.45) is -31.7. The van der Waals surface area contributed by atoms with Crippen molar-refractivity contribution in [2.45, 2.75) is 137 Å². The van der Waals surface area contributed by atoms with E-state index in [0.29, 0.717) is 0 Å². The summed E-state index contributed by atoms with van der Waals surface area (Å²) in [6.45, 7) is -1.07. The monoisotopic (exact) mass is 748 g/mol. The third-order valence-electron chi connectivity index (χ3n) is 8.99. The van der Waals surface area contributed by atoms with E-state index in [1.807, 2.05) is 0 Å². The van der Waals surface area contributed by atoms with Gasteiger partial charge >= 0.3 is 0 Å². The molecular formula is C28H48N2O21. The number of amides is 2. The van der Waals surface area contributed by atoms with Crippen molar-refractivity contribution in [1.29, 1.82) is 0 Å². The number of aliphatic hydroxyl groups is 12. The Morgan fingerprint density at radius 1 is 0.510 bits per heavy atom. The van der Waals surface area contributed by atoms with Gasteiger partial charge < -0.3 is 105 Å². The van der Waals surface area contributed by atoms with E-state index in [1.165, 1.54) is 0 Å². The Bertz CT molecular complexity index is 1140. The van der Waals surface area contributed by atoms with Gasteiger partial charge in [-0.25, -0.2) is 0 Å². The van der Waals surface area contributed by atoms with Crippen LogP contribution in [0.3, 0.4) is 0 Å². The lowest BCUT2D eigenvalue weighted by molar-refractivity contribution is -0.367. The van der Waals surface area contributed by atoms with Crippen molar-refractivity contribution in [3.63, 3.8) is 0 Å². The largest absolute Gasteiger partial charge is 0.394 e. The molecule has 0 radical (unpaired) electrons. The van der Waals surface area contributed by atoms with Crippen LogP contribution in [0.1, 0.15) is 13.8 Å². The Kier molecular flexibility index (Phi) is 14.8. The summed E-state index contributed by atoms with van der Waals surface area (Å²) >= 11 is 0. The molecule has 4 heterocycles. The summed E-state index contributed by atoms with van der Waals surface area (Å²) in [5.74, 6) is -1.45. The fourth-order valence-electron chi connectivity index (χ4n) is 6.24. The van der Waals surface area contributed by atoms with Crippen molar-refractivity contribution in [1.82, 2.24) is 10.6 Å². The van der Waals surface area contributed by atoms with E-state index in [4.69, 9.17) is 33.2 Å². The maximum Gasteiger partial charge on any atom is 0.217 e. The zero-order chi connectivity index (χ0) is 37.9. The van der Waals surface area contributed by atoms with Crippen molar-refractivity contribution < 1.29 is 104 Å². The van der Waals surface area contributed by atoms with Gasteiger partial charge in [0.05, 0.1) is 26.4 Å². The molecule has 20 atom stereocenters. The van der Waals surface area contributed by atoms with E-state index >= 15 is 0 Å². The van der Waals surface area contributed by atoms with Crippen LogP contribution in [0.5, 0.6) is 0 Å². The van der Waals surface area contributed by atoms with Crippen LogP contribution in [0.25, 0.3) is 0 Å². The molecule has 296 valence electrons. The molecule has 4 aliphatic heterocycles. The fourth-order valence-corrected chi connectivity index (χ4v) is 6.24. The molecule has 0 saturated carbocycles. The van der Waals surface area contributed by atoms with Gasteiger partial charge in [0, 0.05) is 13.8 Å². The van der Waals surface area contributed by atoms with Gasteiger partial charge in [0.25, 0.3) is 0 Å². The molecule has 0 aromatic carbocycles. The smallest absolute Gasteiger partial charge is 0.217 e. The molecule has 0 bridgehead atoms. The maximum absolute atomic E-state index is 12.4. The van der Waals surface area contributed by atoms with E-state index < -0.39 is 161 Å². The second-order valence-corrected chi connectivity index (χ2v) is 12.7. The Labute approximate surface area is 289 Å². The average molecular weight is 749 g/mol. The van der Waals surface area contributed by atoms with Crippen LogP contribution in [0.15, 0.2) is 0 Å². The highest BCUT2D eigenvalue weighted by Crippen LogP contribution is 2.33. The summed E-state index contributed by atoms with van der Waals surface area (Å²) in [5, 5.41) is 129. The highest BCUT2D eigenvalue weighted by Gasteiger charge is 2.55. The molecule has 4 saturated heterocycles. The number of ether oxygens (including phenoxy) is 7. The molecule has 4 rings (SSSR count). The predicted molar refractivity (Wildman–Crippen MR) is 157 cm³/mol. The zero-order valence-corrected chi connectivity index (χ0v) is 27.4. The Morgan fingerprint density at radius 2 is 0.980 bits per heavy atom. The molecule has 2 amide bonds. The van der Waals surface area contributed by atoms with E-state index in [-0.39, 0.29) is 0 Å². The lowest BCUT2D eigenvalue weighted by Gasteiger charge is -2.49. The first-order chi connectivity index (χ1) is 24.0. The third-order valence-corrected chi connectivity index (χ3v) is 8.99. The van der Waals surface area contributed by atoms with Crippen LogP contribution >= 0.6 is 0 Å². The van der Waals surface area contributed by atoms with Crippen LogP contribution in [0.4, 0.5) is 0 Å². The lowest BCUT2D eigenvalue weighted by Crippen LogP contribution is -2.70. The van der Waals surface area contributed by atoms with Crippen LogP contribution in [-0.2, 0) is 42.7 Å². The van der Waals surface area contributed by atoms with E-state index in [0.717, 1.165) is 13.8 Å². The van der Waals surface area contributed by atoms with E-state index in [1.54, 1.807) is 0 Å². The Morgan fingerprint density at radius 3 is 1.55 bits per heavy atom. The second-order valence-electron chi connectivity index (χ2n) is 12.7. The summed E-state index contributed by atoms with van der Waals surface area (Å²) in [7, 11) is 0. The molecule has 51 heavy (non-hydrogen) atoms. The van der Waals surface area contributed by atoms with Gasteiger partial charge in [-0.15, -0.1) is 0 Å². The van der Waals surface area contributed by atoms with Crippen LogP contribution in [-0.4, -0.2) is 222 Å². The third kappa shape index (κ3) is 9.29. The van der Waals surface area contributed by atoms with Gasteiger partial charge in [-0.2, -0.15) is 0 Å². The first-order valence-corrected chi connectivity index (χ1v) is 16.1. The normalized spacial score (nSPS) is 47.8. The molecule has 0 unspecified atom stereocenters. The fraction of sp³-hybridized carbons (Fsp3) is 0.929. The molecule has 14 N–H and O–H groups in total. The lowest BCUT2D eigenvalue weighted by atomic mass is 9.94. The Hall–Kier alpha value is -1.82. The number of nitrogens with one attached hydrogen (secondary N) is 2. The SMILES string of the molecule is CC(=O)N[C@H]1[C@H](OC[C@H]2O[C@@H](O[C@@H]3[C@@H](O)[C@@H](O)O[C@H](CO)[C@@H]3O)[C@H](NC(C)=O)[C@@H](O[C@@H]3O[C@H](CO)[C@H](O)[C@H](O)[C@H]3O)[C@H]2O)O[C@H](CO)[C@@H](O)[C@@H]1O. The summed E-state index contributed by atoms with van der Waals surface area (Å²) in [5.41, 5.74) is 0. The van der Waals surface area contributed by atoms with Gasteiger partial charge in [0.1, 0.15) is 97.5 Å². The standard InChI is InChI=1S/C28H48N2O21/c1-7(34)29-13-19(40)15(36)9(3-31)47-26(13)45-6-12-18(39)23(50-28-21(42)20(41)16(37)10(4-32)48-28)14(30-8(2)35)27(49-12)51-24-17(38)11(5-33)46-25(44)22(24)43/h9-28,31-33,36-44H,3-6H2,1-2H3,(H,29,34)(H,30,35)/t9-,10-,11-,12-,13-,14-,15-,16+,17+,18+,19-,20+,21-,22-,23-,24+,25+,26-,27+,28+/m1/s1. The van der Waals surface area contributed by atoms with E-state index in [2.05, 4.69) is 10.6 Å². The van der Waals surface area contributed by atoms with Crippen LogP contribution in [0, 0.1) is 0 Å². The molecule has 23 heteroatoms.